The normalized spacial score (nSPS) is 25.4. The van der Waals surface area contributed by atoms with E-state index in [0.29, 0.717) is 25.5 Å². The van der Waals surface area contributed by atoms with Gasteiger partial charge in [-0.1, -0.05) is 0 Å². The summed E-state index contributed by atoms with van der Waals surface area (Å²) in [7, 11) is -1.80. The van der Waals surface area contributed by atoms with Crippen LogP contribution < -0.4 is 4.72 Å². The summed E-state index contributed by atoms with van der Waals surface area (Å²) in [6, 6.07) is 0. The van der Waals surface area contributed by atoms with E-state index in [2.05, 4.69) is 9.71 Å². The van der Waals surface area contributed by atoms with Crippen molar-refractivity contribution in [1.82, 2.24) is 14.3 Å². The van der Waals surface area contributed by atoms with E-state index in [1.54, 1.807) is 18.5 Å². The van der Waals surface area contributed by atoms with Gasteiger partial charge in [-0.05, 0) is 20.3 Å². The third kappa shape index (κ3) is 2.51. The van der Waals surface area contributed by atoms with Crippen LogP contribution in [0, 0.1) is 6.92 Å². The fourth-order valence-corrected chi connectivity index (χ4v) is 3.24. The molecule has 0 spiro atoms. The highest BCUT2D eigenvalue weighted by atomic mass is 32.2. The second-order valence-corrected chi connectivity index (χ2v) is 6.34. The summed E-state index contributed by atoms with van der Waals surface area (Å²) in [6.07, 6.45) is 2.19. The minimum Gasteiger partial charge on any atom is -0.379 e. The van der Waals surface area contributed by atoms with E-state index in [1.807, 2.05) is 6.92 Å². The molecule has 6 nitrogen and oxygen atoms in total. The summed E-state index contributed by atoms with van der Waals surface area (Å²) in [4.78, 5) is 4.03. The number of ether oxygens (including phenoxy) is 1. The van der Waals surface area contributed by atoms with Crippen LogP contribution in [-0.4, -0.2) is 36.7 Å². The van der Waals surface area contributed by atoms with Crippen molar-refractivity contribution in [2.24, 2.45) is 7.05 Å². The number of aromatic nitrogens is 2. The minimum absolute atomic E-state index is 0.0608. The molecular formula is C10H17N3O3S. The van der Waals surface area contributed by atoms with Crippen molar-refractivity contribution in [3.8, 4) is 0 Å². The number of imidazole rings is 1. The second kappa shape index (κ2) is 4.08. The number of rotatable bonds is 3. The van der Waals surface area contributed by atoms with E-state index in [0.717, 1.165) is 0 Å². The molecule has 1 atom stereocenters. The zero-order valence-electron chi connectivity index (χ0n) is 10.2. The summed E-state index contributed by atoms with van der Waals surface area (Å²) >= 11 is 0. The Bertz CT molecular complexity index is 495. The molecule has 2 rings (SSSR count). The molecule has 0 radical (unpaired) electrons. The van der Waals surface area contributed by atoms with Crippen LogP contribution in [0.2, 0.25) is 0 Å². The van der Waals surface area contributed by atoms with Gasteiger partial charge in [-0.3, -0.25) is 0 Å². The van der Waals surface area contributed by atoms with E-state index in [1.165, 1.54) is 6.20 Å². The van der Waals surface area contributed by atoms with Crippen LogP contribution in [0.1, 0.15) is 19.2 Å². The summed E-state index contributed by atoms with van der Waals surface area (Å²) in [6.45, 7) is 4.59. The highest BCUT2D eigenvalue weighted by Crippen LogP contribution is 2.20. The lowest BCUT2D eigenvalue weighted by molar-refractivity contribution is 0.178. The van der Waals surface area contributed by atoms with Gasteiger partial charge in [0.25, 0.3) is 10.0 Å². The first-order valence-electron chi connectivity index (χ1n) is 5.44. The van der Waals surface area contributed by atoms with Gasteiger partial charge in [0, 0.05) is 19.9 Å². The molecule has 1 aromatic rings. The fraction of sp³-hybridized carbons (Fsp3) is 0.700. The molecule has 1 fully saturated rings. The Labute approximate surface area is 101 Å². The van der Waals surface area contributed by atoms with Crippen LogP contribution in [0.3, 0.4) is 0 Å². The number of hydrogen-bond donors (Lipinski definition) is 1. The largest absolute Gasteiger partial charge is 0.379 e. The Hall–Kier alpha value is -0.920. The zero-order valence-corrected chi connectivity index (χ0v) is 11.0. The van der Waals surface area contributed by atoms with Gasteiger partial charge in [0.2, 0.25) is 0 Å². The lowest BCUT2D eigenvalue weighted by atomic mass is 10.0. The Morgan fingerprint density at radius 3 is 2.76 bits per heavy atom. The van der Waals surface area contributed by atoms with Crippen molar-refractivity contribution in [3.05, 3.63) is 12.0 Å². The second-order valence-electron chi connectivity index (χ2n) is 4.71. The first-order chi connectivity index (χ1) is 7.82. The van der Waals surface area contributed by atoms with Crippen LogP contribution in [0.4, 0.5) is 0 Å². The van der Waals surface area contributed by atoms with E-state index < -0.39 is 15.6 Å². The summed E-state index contributed by atoms with van der Waals surface area (Å²) in [5.41, 5.74) is -0.524. The maximum absolute atomic E-state index is 12.1. The van der Waals surface area contributed by atoms with Gasteiger partial charge in [-0.2, -0.15) is 0 Å². The lowest BCUT2D eigenvalue weighted by Gasteiger charge is -2.22. The van der Waals surface area contributed by atoms with E-state index in [4.69, 9.17) is 4.74 Å². The fourth-order valence-electron chi connectivity index (χ4n) is 1.78. The van der Waals surface area contributed by atoms with Crippen molar-refractivity contribution in [2.75, 3.05) is 13.2 Å². The number of nitrogens with zero attached hydrogens (tertiary/aromatic N) is 2. The molecule has 0 aliphatic carbocycles. The van der Waals surface area contributed by atoms with Crippen molar-refractivity contribution in [3.63, 3.8) is 0 Å². The van der Waals surface area contributed by atoms with E-state index >= 15 is 0 Å². The topological polar surface area (TPSA) is 73.2 Å². The molecule has 0 saturated carbocycles. The third-order valence-corrected chi connectivity index (χ3v) is 4.47. The molecule has 1 aliphatic rings. The van der Waals surface area contributed by atoms with E-state index in [9.17, 15) is 8.42 Å². The maximum atomic E-state index is 12.1. The molecule has 1 aromatic heterocycles. The van der Waals surface area contributed by atoms with Gasteiger partial charge in [0.1, 0.15) is 5.82 Å². The Kier molecular flexibility index (Phi) is 3.01. The van der Waals surface area contributed by atoms with Crippen molar-refractivity contribution in [1.29, 1.82) is 0 Å². The van der Waals surface area contributed by atoms with Crippen molar-refractivity contribution >= 4 is 10.0 Å². The molecule has 0 aromatic carbocycles. The molecule has 1 N–H and O–H groups in total. The molecule has 2 heterocycles. The summed E-state index contributed by atoms with van der Waals surface area (Å²) in [5, 5.41) is 0.0608. The maximum Gasteiger partial charge on any atom is 0.260 e. The van der Waals surface area contributed by atoms with Crippen molar-refractivity contribution in [2.45, 2.75) is 30.8 Å². The Morgan fingerprint density at radius 1 is 1.59 bits per heavy atom. The molecule has 0 bridgehead atoms. The van der Waals surface area contributed by atoms with Gasteiger partial charge >= 0.3 is 0 Å². The molecular weight excluding hydrogens is 242 g/mol. The Morgan fingerprint density at radius 2 is 2.29 bits per heavy atom. The Balaban J connectivity index is 2.24. The molecule has 0 amide bonds. The van der Waals surface area contributed by atoms with Crippen LogP contribution in [-0.2, 0) is 21.8 Å². The van der Waals surface area contributed by atoms with Gasteiger partial charge in [0.15, 0.2) is 5.03 Å². The molecule has 1 aliphatic heterocycles. The number of aryl methyl sites for hydroxylation is 2. The third-order valence-electron chi connectivity index (χ3n) is 2.96. The molecule has 1 unspecified atom stereocenters. The van der Waals surface area contributed by atoms with E-state index in [-0.39, 0.29) is 5.03 Å². The van der Waals surface area contributed by atoms with Crippen molar-refractivity contribution < 1.29 is 13.2 Å². The highest BCUT2D eigenvalue weighted by Gasteiger charge is 2.35. The monoisotopic (exact) mass is 259 g/mol. The quantitative estimate of drug-likeness (QED) is 0.840. The highest BCUT2D eigenvalue weighted by molar-refractivity contribution is 7.89. The first-order valence-corrected chi connectivity index (χ1v) is 6.92. The lowest BCUT2D eigenvalue weighted by Crippen LogP contribution is -2.46. The van der Waals surface area contributed by atoms with Gasteiger partial charge in [0.05, 0.1) is 12.1 Å². The van der Waals surface area contributed by atoms with Gasteiger partial charge < -0.3 is 9.30 Å². The molecule has 96 valence electrons. The molecule has 1 saturated heterocycles. The average molecular weight is 259 g/mol. The average Bonchev–Trinajstić information content (AvgIpc) is 2.74. The zero-order chi connectivity index (χ0) is 12.7. The number of nitrogens with one attached hydrogen (secondary N) is 1. The standard InChI is InChI=1S/C10H17N3O3S/c1-8-11-9(6-13(8)3)17(14,15)12-10(2)4-5-16-7-10/h6,12H,4-5,7H2,1-3H3. The van der Waals surface area contributed by atoms with Gasteiger partial charge in [-0.15, -0.1) is 0 Å². The number of sulfonamides is 1. The van der Waals surface area contributed by atoms with Crippen LogP contribution in [0.15, 0.2) is 11.2 Å². The number of hydrogen-bond acceptors (Lipinski definition) is 4. The predicted molar refractivity (Wildman–Crippen MR) is 62.1 cm³/mol. The van der Waals surface area contributed by atoms with Crippen LogP contribution in [0.5, 0.6) is 0 Å². The summed E-state index contributed by atoms with van der Waals surface area (Å²) in [5.74, 6) is 0.665. The van der Waals surface area contributed by atoms with Crippen LogP contribution in [0.25, 0.3) is 0 Å². The summed E-state index contributed by atoms with van der Waals surface area (Å²) < 4.78 is 33.8. The predicted octanol–water partition coefficient (Wildman–Crippen LogP) is 0.186. The molecule has 17 heavy (non-hydrogen) atoms. The minimum atomic E-state index is -3.57. The van der Waals surface area contributed by atoms with Crippen LogP contribution >= 0.6 is 0 Å². The van der Waals surface area contributed by atoms with Gasteiger partial charge in [-0.25, -0.2) is 18.1 Å². The molecule has 7 heteroatoms. The SMILES string of the molecule is Cc1nc(S(=O)(=O)NC2(C)CCOC2)cn1C. The smallest absolute Gasteiger partial charge is 0.260 e. The first kappa shape index (κ1) is 12.5.